The van der Waals surface area contributed by atoms with E-state index in [1.807, 2.05) is 0 Å². The molecule has 582 valence electrons. The summed E-state index contributed by atoms with van der Waals surface area (Å²) >= 11 is 0. The Hall–Kier alpha value is -4.30. The van der Waals surface area contributed by atoms with E-state index in [0.717, 1.165) is 283 Å². The van der Waals surface area contributed by atoms with E-state index in [1.165, 1.54) is 48.3 Å². The first-order valence-corrected chi connectivity index (χ1v) is 42.0. The fraction of sp³-hybridized carbons (Fsp3) is 0.837. The Morgan fingerprint density at radius 1 is 0.250 bits per heavy atom. The van der Waals surface area contributed by atoms with E-state index in [1.54, 1.807) is 0 Å². The van der Waals surface area contributed by atoms with Gasteiger partial charge < -0.3 is 38.2 Å². The molecule has 0 heterocycles. The van der Waals surface area contributed by atoms with E-state index in [9.17, 15) is 28.8 Å². The second-order valence-corrected chi connectivity index (χ2v) is 29.5. The molecular formula is C86H158N2O12+2. The minimum absolute atomic E-state index is 0.0216. The van der Waals surface area contributed by atoms with E-state index in [4.69, 9.17) is 28.4 Å². The van der Waals surface area contributed by atoms with Gasteiger partial charge in [0.2, 0.25) is 0 Å². The van der Waals surface area contributed by atoms with E-state index < -0.39 is 0 Å². The van der Waals surface area contributed by atoms with Crippen molar-refractivity contribution >= 4 is 35.8 Å². The van der Waals surface area contributed by atoms with Gasteiger partial charge in [-0.25, -0.2) is 0 Å². The van der Waals surface area contributed by atoms with Crippen molar-refractivity contribution < 1.29 is 67.0 Å². The minimum atomic E-state index is -0.334. The molecule has 0 aliphatic carbocycles. The fourth-order valence-electron chi connectivity index (χ4n) is 12.4. The van der Waals surface area contributed by atoms with Crippen molar-refractivity contribution in [1.29, 1.82) is 0 Å². The monoisotopic (exact) mass is 1410 g/mol. The summed E-state index contributed by atoms with van der Waals surface area (Å²) in [7, 11) is 8.43. The highest BCUT2D eigenvalue weighted by Crippen LogP contribution is 2.21. The third-order valence-electron chi connectivity index (χ3n) is 18.7. The number of carbonyl (C=O) groups is 6. The molecule has 0 saturated heterocycles. The molecule has 0 aromatic carbocycles. The van der Waals surface area contributed by atoms with Crippen LogP contribution in [-0.2, 0) is 57.2 Å². The molecule has 0 fully saturated rings. The topological polar surface area (TPSA) is 167 Å². The van der Waals surface area contributed by atoms with Gasteiger partial charge in [0.05, 0.1) is 67.3 Å². The zero-order chi connectivity index (χ0) is 73.3. The van der Waals surface area contributed by atoms with Crippen LogP contribution in [-0.4, -0.2) is 115 Å². The quantitative estimate of drug-likeness (QED) is 0.0256. The predicted octanol–water partition coefficient (Wildman–Crippen LogP) is 20.2. The Labute approximate surface area is 614 Å². The highest BCUT2D eigenvalue weighted by molar-refractivity contribution is 5.78. The maximum absolute atomic E-state index is 13.2. The molecule has 4 unspecified atom stereocenters. The van der Waals surface area contributed by atoms with Crippen LogP contribution < -0.4 is 9.80 Å². The summed E-state index contributed by atoms with van der Waals surface area (Å²) in [5, 5.41) is 0. The maximum atomic E-state index is 13.2. The summed E-state index contributed by atoms with van der Waals surface area (Å²) < 4.78 is 34.8. The summed E-state index contributed by atoms with van der Waals surface area (Å²) in [5.74, 6) is -0.944. The molecule has 0 radical (unpaired) electrons. The molecule has 0 aromatic heterocycles. The average molecular weight is 1410 g/mol. The average Bonchev–Trinajstić information content (AvgIpc) is 1.47. The van der Waals surface area contributed by atoms with Gasteiger partial charge in [0.25, 0.3) is 0 Å². The number of unbranched alkanes of at least 4 members (excludes halogenated alkanes) is 32. The second-order valence-electron chi connectivity index (χ2n) is 29.5. The molecule has 0 bridgehead atoms. The van der Waals surface area contributed by atoms with Crippen molar-refractivity contribution in [3.05, 3.63) is 48.6 Å². The first kappa shape index (κ1) is 95.7. The van der Waals surface area contributed by atoms with E-state index in [2.05, 4.69) is 104 Å². The third kappa shape index (κ3) is 70.7. The number of allylic oxidation sites excluding steroid dienone is 4. The molecule has 0 aromatic rings. The normalized spacial score (nSPS) is 13.1. The Morgan fingerprint density at radius 2 is 0.470 bits per heavy atom. The van der Waals surface area contributed by atoms with Crippen LogP contribution in [0.1, 0.15) is 387 Å². The predicted molar refractivity (Wildman–Crippen MR) is 415 cm³/mol. The van der Waals surface area contributed by atoms with Crippen LogP contribution in [0.5, 0.6) is 0 Å². The van der Waals surface area contributed by atoms with Crippen molar-refractivity contribution in [3.8, 4) is 0 Å². The summed E-state index contributed by atoms with van der Waals surface area (Å²) in [6.45, 7) is 11.9. The molecule has 0 spiro atoms. The molecule has 0 saturated carbocycles. The molecule has 100 heavy (non-hydrogen) atoms. The molecule has 4 atom stereocenters. The summed E-state index contributed by atoms with van der Waals surface area (Å²) in [5.41, 5.74) is 0. The van der Waals surface area contributed by atoms with E-state index in [-0.39, 0.29) is 73.1 Å². The van der Waals surface area contributed by atoms with Crippen LogP contribution in [0.3, 0.4) is 0 Å². The lowest BCUT2D eigenvalue weighted by Crippen LogP contribution is -3.05. The molecule has 0 aliphatic rings. The number of esters is 6. The lowest BCUT2D eigenvalue weighted by molar-refractivity contribution is -0.858. The molecule has 2 N–H and O–H groups in total. The number of nitrogens with one attached hydrogen (secondary N) is 2. The van der Waals surface area contributed by atoms with Gasteiger partial charge in [-0.2, -0.15) is 0 Å². The van der Waals surface area contributed by atoms with Gasteiger partial charge in [0, 0.05) is 64.2 Å². The van der Waals surface area contributed by atoms with Crippen molar-refractivity contribution in [2.45, 2.75) is 412 Å². The van der Waals surface area contributed by atoms with Gasteiger partial charge in [-0.1, -0.05) is 230 Å². The number of rotatable bonds is 75. The summed E-state index contributed by atoms with van der Waals surface area (Å²) in [6, 6.07) is 0. The Balaban J connectivity index is 4.71. The first-order valence-electron chi connectivity index (χ1n) is 42.0. The summed E-state index contributed by atoms with van der Waals surface area (Å²) in [4.78, 5) is 79.0. The Morgan fingerprint density at radius 3 is 0.720 bits per heavy atom. The molecule has 14 heteroatoms. The van der Waals surface area contributed by atoms with Gasteiger partial charge in [0.15, 0.2) is 0 Å². The minimum Gasteiger partial charge on any atom is -0.465 e. The van der Waals surface area contributed by atoms with Crippen molar-refractivity contribution in [2.24, 2.45) is 0 Å². The van der Waals surface area contributed by atoms with Gasteiger partial charge in [-0.15, -0.1) is 0 Å². The SMILES string of the molecule is CCCCCCC(C/C=C/CCCCCCCC(=O)OCCC[NH+](C)C)OC(=O)CCCCCCC/C=C/CC(CCCCCC)OC(=O)CCC(=O)OC(C/C=C/CCCCCCCC(=O)OC(C/C=C/CCCCCCCC(=O)OCCC[NH+](C)C)CCCCCC)CCCCCC. The number of hydrogen-bond donors (Lipinski definition) is 2. The van der Waals surface area contributed by atoms with Crippen molar-refractivity contribution in [1.82, 2.24) is 0 Å². The smallest absolute Gasteiger partial charge is 0.306 e. The number of ether oxygens (including phenoxy) is 6. The largest absolute Gasteiger partial charge is 0.465 e. The third-order valence-corrected chi connectivity index (χ3v) is 18.7. The van der Waals surface area contributed by atoms with Gasteiger partial charge >= 0.3 is 35.8 Å². The molecule has 0 rings (SSSR count). The number of carbonyl (C=O) groups excluding carboxylic acids is 6. The highest BCUT2D eigenvalue weighted by atomic mass is 16.6. The van der Waals surface area contributed by atoms with Gasteiger partial charge in [0.1, 0.15) is 24.4 Å². The first-order chi connectivity index (χ1) is 48.7. The van der Waals surface area contributed by atoms with Crippen molar-refractivity contribution in [2.75, 3.05) is 54.5 Å². The number of quaternary nitrogens is 2. The lowest BCUT2D eigenvalue weighted by atomic mass is 10.0. The molecular weight excluding hydrogens is 1250 g/mol. The van der Waals surface area contributed by atoms with Crippen LogP contribution in [0.2, 0.25) is 0 Å². The zero-order valence-corrected chi connectivity index (χ0v) is 66.3. The van der Waals surface area contributed by atoms with E-state index >= 15 is 0 Å². The standard InChI is InChI=1S/C86H156N2O12/c1-9-13-17-45-59-77(63-49-37-29-21-25-33-41-53-67-81(89)95-75-57-73-87(5)6)97-83(91)69-55-43-35-27-23-31-39-51-65-79(61-47-19-15-11-3)99-85(93)71-72-86(94)100-80(62-48-20-16-12-4)66-52-40-32-24-28-36-44-56-70-84(92)98-78(60-46-18-14-10-2)64-50-38-30-22-26-34-42-54-68-82(90)96-76-58-74-88(7)8/h37-40,49-52,77-80H,9-36,41-48,53-76H2,1-8H3/p+2/b49-37+,50-38+,51-39+,52-40+. The van der Waals surface area contributed by atoms with Crippen LogP contribution in [0.15, 0.2) is 48.6 Å². The van der Waals surface area contributed by atoms with Crippen LogP contribution in [0.4, 0.5) is 0 Å². The fourth-order valence-corrected chi connectivity index (χ4v) is 12.4. The number of hydrogen-bond acceptors (Lipinski definition) is 12. The Bertz CT molecular complexity index is 1880. The van der Waals surface area contributed by atoms with Gasteiger partial charge in [-0.05, 0) is 128 Å². The molecule has 0 aliphatic heterocycles. The zero-order valence-electron chi connectivity index (χ0n) is 66.3. The van der Waals surface area contributed by atoms with Crippen LogP contribution >= 0.6 is 0 Å². The summed E-state index contributed by atoms with van der Waals surface area (Å²) in [6.07, 6.45) is 70.5. The maximum Gasteiger partial charge on any atom is 0.306 e. The van der Waals surface area contributed by atoms with Crippen LogP contribution in [0.25, 0.3) is 0 Å². The molecule has 14 nitrogen and oxygen atoms in total. The molecule has 0 amide bonds. The van der Waals surface area contributed by atoms with Crippen molar-refractivity contribution in [3.63, 3.8) is 0 Å². The Kier molecular flexibility index (Phi) is 71.2. The van der Waals surface area contributed by atoms with E-state index in [0.29, 0.717) is 51.7 Å². The lowest BCUT2D eigenvalue weighted by Gasteiger charge is -2.18. The van der Waals surface area contributed by atoms with Crippen LogP contribution in [0, 0.1) is 0 Å². The highest BCUT2D eigenvalue weighted by Gasteiger charge is 2.20. The second kappa shape index (κ2) is 74.4. The van der Waals surface area contributed by atoms with Gasteiger partial charge in [-0.3, -0.25) is 28.8 Å².